The molecular weight excluding hydrogens is 303 g/mol. The van der Waals surface area contributed by atoms with Gasteiger partial charge in [-0.3, -0.25) is 14.9 Å². The van der Waals surface area contributed by atoms with Gasteiger partial charge in [-0.05, 0) is 24.3 Å². The maximum atomic E-state index is 11.7. The third-order valence-corrected chi connectivity index (χ3v) is 2.74. The number of hydrogen-bond acceptors (Lipinski definition) is 4. The van der Waals surface area contributed by atoms with Crippen LogP contribution in [0.4, 0.5) is 11.6 Å². The Bertz CT molecular complexity index is 649. The van der Waals surface area contributed by atoms with E-state index in [0.29, 0.717) is 5.02 Å². The molecule has 0 atom stereocenters. The minimum absolute atomic E-state index is 0.0323. The Morgan fingerprint density at radius 1 is 1.00 bits per heavy atom. The first-order valence-electron chi connectivity index (χ1n) is 5.40. The Morgan fingerprint density at radius 2 is 1.65 bits per heavy atom. The Morgan fingerprint density at radius 3 is 2.35 bits per heavy atom. The summed E-state index contributed by atoms with van der Waals surface area (Å²) in [5.74, 6) is -1.78. The van der Waals surface area contributed by atoms with E-state index >= 15 is 0 Å². The van der Waals surface area contributed by atoms with Gasteiger partial charge in [0.2, 0.25) is 5.95 Å². The summed E-state index contributed by atoms with van der Waals surface area (Å²) in [7, 11) is 0. The molecule has 102 valence electrons. The zero-order chi connectivity index (χ0) is 14.5. The summed E-state index contributed by atoms with van der Waals surface area (Å²) < 4.78 is 0. The van der Waals surface area contributed by atoms with E-state index in [4.69, 9.17) is 23.2 Å². The molecule has 0 spiro atoms. The van der Waals surface area contributed by atoms with E-state index in [9.17, 15) is 9.59 Å². The van der Waals surface area contributed by atoms with Crippen LogP contribution in [0, 0.1) is 0 Å². The van der Waals surface area contributed by atoms with Gasteiger partial charge in [-0.25, -0.2) is 9.97 Å². The summed E-state index contributed by atoms with van der Waals surface area (Å²) in [6, 6.07) is 6.10. The maximum absolute atomic E-state index is 11.7. The average molecular weight is 311 g/mol. The summed E-state index contributed by atoms with van der Waals surface area (Å²) in [6.45, 7) is 0. The number of benzene rings is 1. The Kier molecular flexibility index (Phi) is 4.49. The number of aromatic nitrogens is 2. The molecule has 1 heterocycles. The van der Waals surface area contributed by atoms with E-state index in [1.165, 1.54) is 24.5 Å². The van der Waals surface area contributed by atoms with Gasteiger partial charge in [0.15, 0.2) is 0 Å². The predicted octanol–water partition coefficient (Wildman–Crippen LogP) is 2.36. The van der Waals surface area contributed by atoms with E-state index in [-0.39, 0.29) is 16.7 Å². The number of halogens is 2. The van der Waals surface area contributed by atoms with Gasteiger partial charge in [-0.1, -0.05) is 23.2 Å². The van der Waals surface area contributed by atoms with Crippen LogP contribution in [0.1, 0.15) is 0 Å². The molecule has 2 aromatic rings. The van der Waals surface area contributed by atoms with E-state index < -0.39 is 11.8 Å². The lowest BCUT2D eigenvalue weighted by Gasteiger charge is -2.07. The first-order valence-corrected chi connectivity index (χ1v) is 6.16. The van der Waals surface area contributed by atoms with Crippen molar-refractivity contribution in [2.75, 3.05) is 10.6 Å². The smallest absolute Gasteiger partial charge is 0.316 e. The van der Waals surface area contributed by atoms with Gasteiger partial charge in [0, 0.05) is 17.4 Å². The Hall–Kier alpha value is -2.18. The van der Waals surface area contributed by atoms with Gasteiger partial charge in [-0.15, -0.1) is 0 Å². The molecule has 0 fully saturated rings. The molecule has 20 heavy (non-hydrogen) atoms. The largest absolute Gasteiger partial charge is 0.316 e. The maximum Gasteiger partial charge on any atom is 0.316 e. The van der Waals surface area contributed by atoms with Gasteiger partial charge >= 0.3 is 11.8 Å². The summed E-state index contributed by atoms with van der Waals surface area (Å²) in [5, 5.41) is 5.25. The molecular formula is C12H8Cl2N4O2. The monoisotopic (exact) mass is 310 g/mol. The highest BCUT2D eigenvalue weighted by atomic mass is 35.5. The first kappa shape index (κ1) is 14.2. The second kappa shape index (κ2) is 6.31. The second-order valence-electron chi connectivity index (χ2n) is 3.60. The van der Waals surface area contributed by atoms with Crippen LogP contribution < -0.4 is 10.6 Å². The van der Waals surface area contributed by atoms with Crippen LogP contribution in [-0.4, -0.2) is 21.8 Å². The third-order valence-electron chi connectivity index (χ3n) is 2.17. The van der Waals surface area contributed by atoms with Crippen molar-refractivity contribution in [2.45, 2.75) is 0 Å². The van der Waals surface area contributed by atoms with Crippen LogP contribution in [0.5, 0.6) is 0 Å². The molecule has 2 rings (SSSR count). The quantitative estimate of drug-likeness (QED) is 0.834. The van der Waals surface area contributed by atoms with Crippen molar-refractivity contribution < 1.29 is 9.59 Å². The SMILES string of the molecule is O=C(Nc1ncccn1)C(=O)Nc1cc(Cl)ccc1Cl. The minimum Gasteiger partial charge on any atom is -0.316 e. The topological polar surface area (TPSA) is 84.0 Å². The lowest BCUT2D eigenvalue weighted by molar-refractivity contribution is -0.133. The van der Waals surface area contributed by atoms with Crippen molar-refractivity contribution in [2.24, 2.45) is 0 Å². The fourth-order valence-electron chi connectivity index (χ4n) is 1.29. The molecule has 0 aliphatic heterocycles. The van der Waals surface area contributed by atoms with Crippen molar-refractivity contribution in [1.29, 1.82) is 0 Å². The number of carbonyl (C=O) groups excluding carboxylic acids is 2. The van der Waals surface area contributed by atoms with Crippen LogP contribution in [0.2, 0.25) is 10.0 Å². The van der Waals surface area contributed by atoms with Crippen molar-refractivity contribution >= 4 is 46.7 Å². The van der Waals surface area contributed by atoms with E-state index in [1.807, 2.05) is 0 Å². The zero-order valence-corrected chi connectivity index (χ0v) is 11.4. The Labute approximate surface area is 124 Å². The van der Waals surface area contributed by atoms with Crippen molar-refractivity contribution in [1.82, 2.24) is 9.97 Å². The molecule has 0 aliphatic rings. The van der Waals surface area contributed by atoms with Crippen LogP contribution >= 0.6 is 23.2 Å². The molecule has 0 radical (unpaired) electrons. The lowest BCUT2D eigenvalue weighted by atomic mass is 10.3. The summed E-state index contributed by atoms with van der Waals surface area (Å²) in [4.78, 5) is 30.9. The van der Waals surface area contributed by atoms with Gasteiger partial charge < -0.3 is 5.32 Å². The third kappa shape index (κ3) is 3.66. The van der Waals surface area contributed by atoms with E-state index in [2.05, 4.69) is 20.6 Å². The molecule has 2 N–H and O–H groups in total. The number of amides is 2. The summed E-state index contributed by atoms with van der Waals surface area (Å²) in [5.41, 5.74) is 0.244. The lowest BCUT2D eigenvalue weighted by Crippen LogP contribution is -2.29. The summed E-state index contributed by atoms with van der Waals surface area (Å²) in [6.07, 6.45) is 2.88. The number of anilines is 2. The van der Waals surface area contributed by atoms with Crippen molar-refractivity contribution in [3.05, 3.63) is 46.7 Å². The highest BCUT2D eigenvalue weighted by Gasteiger charge is 2.16. The first-order chi connectivity index (χ1) is 9.56. The zero-order valence-electron chi connectivity index (χ0n) is 9.93. The standard InChI is InChI=1S/C12H8Cl2N4O2/c13-7-2-3-8(14)9(6-7)17-10(19)11(20)18-12-15-4-1-5-16-12/h1-6H,(H,17,19)(H,15,16,18,20). The molecule has 6 nitrogen and oxygen atoms in total. The predicted molar refractivity (Wildman–Crippen MR) is 75.8 cm³/mol. The van der Waals surface area contributed by atoms with Crippen molar-refractivity contribution in [3.63, 3.8) is 0 Å². The highest BCUT2D eigenvalue weighted by Crippen LogP contribution is 2.25. The van der Waals surface area contributed by atoms with Gasteiger partial charge in [-0.2, -0.15) is 0 Å². The molecule has 8 heteroatoms. The molecule has 0 aliphatic carbocycles. The van der Waals surface area contributed by atoms with E-state index in [0.717, 1.165) is 0 Å². The number of rotatable bonds is 2. The summed E-state index contributed by atoms with van der Waals surface area (Å²) >= 11 is 11.7. The molecule has 0 saturated heterocycles. The normalized spacial score (nSPS) is 9.90. The average Bonchev–Trinajstić information content (AvgIpc) is 2.44. The fraction of sp³-hybridized carbons (Fsp3) is 0. The van der Waals surface area contributed by atoms with Crippen LogP contribution in [0.3, 0.4) is 0 Å². The fourth-order valence-corrected chi connectivity index (χ4v) is 1.63. The van der Waals surface area contributed by atoms with E-state index in [1.54, 1.807) is 12.1 Å². The molecule has 1 aromatic carbocycles. The number of hydrogen-bond donors (Lipinski definition) is 2. The Balaban J connectivity index is 2.04. The van der Waals surface area contributed by atoms with Gasteiger partial charge in [0.25, 0.3) is 0 Å². The van der Waals surface area contributed by atoms with Crippen LogP contribution in [0.15, 0.2) is 36.7 Å². The minimum atomic E-state index is -0.910. The second-order valence-corrected chi connectivity index (χ2v) is 4.45. The molecule has 1 aromatic heterocycles. The molecule has 0 bridgehead atoms. The van der Waals surface area contributed by atoms with Crippen molar-refractivity contribution in [3.8, 4) is 0 Å². The molecule has 0 saturated carbocycles. The highest BCUT2D eigenvalue weighted by molar-refractivity contribution is 6.45. The molecule has 2 amide bonds. The number of nitrogens with one attached hydrogen (secondary N) is 2. The molecule has 0 unspecified atom stereocenters. The van der Waals surface area contributed by atoms with Crippen LogP contribution in [0.25, 0.3) is 0 Å². The number of carbonyl (C=O) groups is 2. The van der Waals surface area contributed by atoms with Gasteiger partial charge in [0.1, 0.15) is 0 Å². The number of nitrogens with zero attached hydrogens (tertiary/aromatic N) is 2. The van der Waals surface area contributed by atoms with Crippen LogP contribution in [-0.2, 0) is 9.59 Å². The van der Waals surface area contributed by atoms with Gasteiger partial charge in [0.05, 0.1) is 10.7 Å².